The maximum Gasteiger partial charge on any atom is 0.0702 e. The fourth-order valence-corrected chi connectivity index (χ4v) is 2.60. The van der Waals surface area contributed by atoms with Gasteiger partial charge in [0.15, 0.2) is 0 Å². The molecule has 1 heterocycles. The molecular formula is C17H28N2O. The summed E-state index contributed by atoms with van der Waals surface area (Å²) in [6, 6.07) is 9.47. The van der Waals surface area contributed by atoms with E-state index in [0.717, 1.165) is 26.2 Å². The van der Waals surface area contributed by atoms with Crippen LogP contribution in [0.2, 0.25) is 0 Å². The van der Waals surface area contributed by atoms with E-state index in [2.05, 4.69) is 55.4 Å². The molecule has 1 fully saturated rings. The maximum atomic E-state index is 5.68. The van der Waals surface area contributed by atoms with Crippen molar-refractivity contribution in [1.29, 1.82) is 0 Å². The summed E-state index contributed by atoms with van der Waals surface area (Å²) in [5.41, 5.74) is 2.73. The average molecular weight is 276 g/mol. The van der Waals surface area contributed by atoms with Gasteiger partial charge in [-0.15, -0.1) is 0 Å². The van der Waals surface area contributed by atoms with Crippen molar-refractivity contribution in [2.24, 2.45) is 0 Å². The second-order valence-corrected chi connectivity index (χ2v) is 6.18. The van der Waals surface area contributed by atoms with Crippen molar-refractivity contribution in [3.63, 3.8) is 0 Å². The summed E-state index contributed by atoms with van der Waals surface area (Å²) in [5.74, 6) is 0. The zero-order chi connectivity index (χ0) is 14.4. The lowest BCUT2D eigenvalue weighted by molar-refractivity contribution is 0.0793. The molecule has 0 radical (unpaired) electrons. The van der Waals surface area contributed by atoms with Gasteiger partial charge in [-0.2, -0.15) is 0 Å². The number of nitrogens with zero attached hydrogens (tertiary/aromatic N) is 1. The molecule has 3 heteroatoms. The van der Waals surface area contributed by atoms with Gasteiger partial charge in [0.1, 0.15) is 0 Å². The molecule has 0 aliphatic carbocycles. The van der Waals surface area contributed by atoms with Crippen LogP contribution >= 0.6 is 0 Å². The number of ether oxygens (including phenoxy) is 1. The van der Waals surface area contributed by atoms with Gasteiger partial charge in [-0.3, -0.25) is 4.90 Å². The van der Waals surface area contributed by atoms with Crippen molar-refractivity contribution in [2.75, 3.05) is 20.2 Å². The normalized spacial score (nSPS) is 19.1. The smallest absolute Gasteiger partial charge is 0.0702 e. The number of likely N-dealkylation sites (N-methyl/N-ethyl adjacent to an activating group) is 1. The summed E-state index contributed by atoms with van der Waals surface area (Å²) in [4.78, 5) is 2.36. The highest BCUT2D eigenvalue weighted by Gasteiger charge is 2.17. The van der Waals surface area contributed by atoms with E-state index in [9.17, 15) is 0 Å². The zero-order valence-corrected chi connectivity index (χ0v) is 13.1. The molecule has 0 aromatic heterocycles. The summed E-state index contributed by atoms with van der Waals surface area (Å²) in [6.45, 7) is 8.27. The van der Waals surface area contributed by atoms with Crippen LogP contribution in [-0.2, 0) is 17.8 Å². The molecule has 1 aliphatic heterocycles. The Hall–Kier alpha value is -0.900. The monoisotopic (exact) mass is 276 g/mol. The highest BCUT2D eigenvalue weighted by molar-refractivity contribution is 5.22. The van der Waals surface area contributed by atoms with Crippen molar-refractivity contribution in [3.8, 4) is 0 Å². The minimum absolute atomic E-state index is 0.439. The van der Waals surface area contributed by atoms with Gasteiger partial charge in [0.2, 0.25) is 0 Å². The van der Waals surface area contributed by atoms with Crippen molar-refractivity contribution in [1.82, 2.24) is 10.2 Å². The van der Waals surface area contributed by atoms with Gasteiger partial charge in [-0.25, -0.2) is 0 Å². The van der Waals surface area contributed by atoms with Gasteiger partial charge in [-0.05, 0) is 31.0 Å². The van der Waals surface area contributed by atoms with Crippen LogP contribution in [0.5, 0.6) is 0 Å². The van der Waals surface area contributed by atoms with Gasteiger partial charge in [0.05, 0.1) is 6.10 Å². The van der Waals surface area contributed by atoms with E-state index in [0.29, 0.717) is 12.1 Å². The third-order valence-corrected chi connectivity index (χ3v) is 3.73. The summed E-state index contributed by atoms with van der Waals surface area (Å²) in [7, 11) is 2.18. The Labute approximate surface area is 123 Å². The van der Waals surface area contributed by atoms with Crippen LogP contribution in [0.25, 0.3) is 0 Å². The first-order valence-corrected chi connectivity index (χ1v) is 7.75. The summed E-state index contributed by atoms with van der Waals surface area (Å²) >= 11 is 0. The quantitative estimate of drug-likeness (QED) is 0.829. The van der Waals surface area contributed by atoms with Crippen LogP contribution in [0.4, 0.5) is 0 Å². The molecule has 112 valence electrons. The fraction of sp³-hybridized carbons (Fsp3) is 0.647. The standard InChI is InChI=1S/C17H28N2O/c1-14(2)18-11-15-6-8-16(9-7-15)12-19(3)13-17-5-4-10-20-17/h6-9,14,17-18H,4-5,10-13H2,1-3H3. The van der Waals surface area contributed by atoms with E-state index < -0.39 is 0 Å². The van der Waals surface area contributed by atoms with Gasteiger partial charge >= 0.3 is 0 Å². The van der Waals surface area contributed by atoms with Crippen molar-refractivity contribution < 1.29 is 4.74 Å². The first kappa shape index (κ1) is 15.5. The summed E-state index contributed by atoms with van der Waals surface area (Å²) in [6.07, 6.45) is 2.87. The van der Waals surface area contributed by atoms with E-state index >= 15 is 0 Å². The molecule has 2 rings (SSSR count). The zero-order valence-electron chi connectivity index (χ0n) is 13.1. The maximum absolute atomic E-state index is 5.68. The minimum atomic E-state index is 0.439. The minimum Gasteiger partial charge on any atom is -0.377 e. The summed E-state index contributed by atoms with van der Waals surface area (Å²) in [5, 5.41) is 3.44. The molecule has 1 aliphatic rings. The molecule has 0 bridgehead atoms. The molecule has 1 unspecified atom stereocenters. The fourth-order valence-electron chi connectivity index (χ4n) is 2.60. The predicted octanol–water partition coefficient (Wildman–Crippen LogP) is 2.80. The molecule has 0 saturated carbocycles. The number of rotatable bonds is 7. The topological polar surface area (TPSA) is 24.5 Å². The number of nitrogens with one attached hydrogen (secondary N) is 1. The average Bonchev–Trinajstić information content (AvgIpc) is 2.90. The molecule has 1 aromatic carbocycles. The number of hydrogen-bond acceptors (Lipinski definition) is 3. The van der Waals surface area contributed by atoms with E-state index in [-0.39, 0.29) is 0 Å². The van der Waals surface area contributed by atoms with Crippen molar-refractivity contribution in [3.05, 3.63) is 35.4 Å². The van der Waals surface area contributed by atoms with Crippen LogP contribution in [0.3, 0.4) is 0 Å². The molecule has 1 N–H and O–H groups in total. The second-order valence-electron chi connectivity index (χ2n) is 6.18. The van der Waals surface area contributed by atoms with E-state index in [1.54, 1.807) is 0 Å². The number of hydrogen-bond donors (Lipinski definition) is 1. The Kier molecular flexibility index (Phi) is 6.02. The molecule has 1 aromatic rings. The highest BCUT2D eigenvalue weighted by Crippen LogP contribution is 2.14. The molecule has 20 heavy (non-hydrogen) atoms. The van der Waals surface area contributed by atoms with Crippen molar-refractivity contribution in [2.45, 2.75) is 51.9 Å². The van der Waals surface area contributed by atoms with Gasteiger partial charge in [-0.1, -0.05) is 38.1 Å². The van der Waals surface area contributed by atoms with E-state index in [1.165, 1.54) is 24.0 Å². The Bertz CT molecular complexity index is 382. The van der Waals surface area contributed by atoms with Crippen LogP contribution in [0.1, 0.15) is 37.8 Å². The Balaban J connectivity index is 1.77. The van der Waals surface area contributed by atoms with Gasteiger partial charge in [0, 0.05) is 32.3 Å². The summed E-state index contributed by atoms with van der Waals surface area (Å²) < 4.78 is 5.68. The first-order valence-electron chi connectivity index (χ1n) is 7.75. The molecular weight excluding hydrogens is 248 g/mol. The second kappa shape index (κ2) is 7.77. The molecule has 1 saturated heterocycles. The molecule has 1 atom stereocenters. The van der Waals surface area contributed by atoms with Gasteiger partial charge in [0.25, 0.3) is 0 Å². The van der Waals surface area contributed by atoms with Crippen LogP contribution in [0, 0.1) is 0 Å². The lowest BCUT2D eigenvalue weighted by Gasteiger charge is -2.20. The molecule has 3 nitrogen and oxygen atoms in total. The Morgan fingerprint density at radius 3 is 2.55 bits per heavy atom. The van der Waals surface area contributed by atoms with E-state index in [1.807, 2.05) is 0 Å². The van der Waals surface area contributed by atoms with Crippen LogP contribution < -0.4 is 5.32 Å². The third kappa shape index (κ3) is 5.23. The predicted molar refractivity (Wildman–Crippen MR) is 83.7 cm³/mol. The van der Waals surface area contributed by atoms with Gasteiger partial charge < -0.3 is 10.1 Å². The SMILES string of the molecule is CC(C)NCc1ccc(CN(C)CC2CCCO2)cc1. The molecule has 0 amide bonds. The largest absolute Gasteiger partial charge is 0.377 e. The van der Waals surface area contributed by atoms with E-state index in [4.69, 9.17) is 4.74 Å². The Morgan fingerprint density at radius 2 is 1.95 bits per heavy atom. The first-order chi connectivity index (χ1) is 9.63. The lowest BCUT2D eigenvalue weighted by atomic mass is 10.1. The van der Waals surface area contributed by atoms with Crippen LogP contribution in [-0.4, -0.2) is 37.2 Å². The van der Waals surface area contributed by atoms with Crippen LogP contribution in [0.15, 0.2) is 24.3 Å². The van der Waals surface area contributed by atoms with Crippen molar-refractivity contribution >= 4 is 0 Å². The molecule has 0 spiro atoms. The highest BCUT2D eigenvalue weighted by atomic mass is 16.5. The number of benzene rings is 1. The lowest BCUT2D eigenvalue weighted by Crippen LogP contribution is -2.28. The third-order valence-electron chi connectivity index (χ3n) is 3.73. The Morgan fingerprint density at radius 1 is 1.25 bits per heavy atom.